The second kappa shape index (κ2) is 16.0. The van der Waals surface area contributed by atoms with Crippen molar-refractivity contribution < 1.29 is 84.0 Å². The summed E-state index contributed by atoms with van der Waals surface area (Å²) in [4.78, 5) is 26.2. The van der Waals surface area contributed by atoms with Crippen LogP contribution in [0.25, 0.3) is 28.4 Å². The summed E-state index contributed by atoms with van der Waals surface area (Å²) in [5, 5.41) is 102. The number of phenols is 3. The van der Waals surface area contributed by atoms with Crippen LogP contribution in [-0.2, 0) is 19.0 Å². The quantitative estimate of drug-likeness (QED) is 0.0700. The SMILES string of the molecule is O=C(/C=C/c1ccc(O)cc1)OC[C@H]1O[C@@H](Oc2cc(O)c3c(=O)c(O[C@@H]4O[C@@H](CO)[C@@H](O)[C@H](O)[C@H]4O)c(-c4ccc(O)cc4)oc3c2)[C@H](O)[C@@H](O)[C@@H]1O. The van der Waals surface area contributed by atoms with Crippen LogP contribution in [0.15, 0.2) is 76.0 Å². The predicted octanol–water partition coefficient (Wildman–Crippen LogP) is -0.802. The Morgan fingerprint density at radius 2 is 1.30 bits per heavy atom. The third-order valence-corrected chi connectivity index (χ3v) is 8.73. The van der Waals surface area contributed by atoms with Crippen LogP contribution in [0.1, 0.15) is 5.56 Å². The molecule has 0 unspecified atom stereocenters. The van der Waals surface area contributed by atoms with Crippen molar-refractivity contribution in [1.82, 2.24) is 0 Å². The van der Waals surface area contributed by atoms with Crippen molar-refractivity contribution in [3.8, 4) is 40.1 Å². The molecule has 2 saturated heterocycles. The van der Waals surface area contributed by atoms with Crippen LogP contribution in [0.5, 0.6) is 28.7 Å². The molecule has 4 aromatic rings. The van der Waals surface area contributed by atoms with E-state index in [1.54, 1.807) is 12.1 Å². The summed E-state index contributed by atoms with van der Waals surface area (Å²) in [5.41, 5.74) is -0.631. The number of hydrogen-bond donors (Lipinski definition) is 10. The molecule has 3 heterocycles. The van der Waals surface area contributed by atoms with Crippen LogP contribution in [0.3, 0.4) is 0 Å². The van der Waals surface area contributed by atoms with Gasteiger partial charge in [-0.05, 0) is 48.0 Å². The van der Waals surface area contributed by atoms with Gasteiger partial charge in [0.05, 0.1) is 6.61 Å². The molecule has 3 aromatic carbocycles. The molecule has 10 N–H and O–H groups in total. The maximum Gasteiger partial charge on any atom is 0.330 e. The predicted molar refractivity (Wildman–Crippen MR) is 181 cm³/mol. The Hall–Kier alpha value is -5.28. The summed E-state index contributed by atoms with van der Waals surface area (Å²) in [6.07, 6.45) is -14.8. The lowest BCUT2D eigenvalue weighted by molar-refractivity contribution is -0.278. The lowest BCUT2D eigenvalue weighted by Gasteiger charge is -2.39. The van der Waals surface area contributed by atoms with Gasteiger partial charge < -0.3 is 79.2 Å². The minimum Gasteiger partial charge on any atom is -0.508 e. The second-order valence-electron chi connectivity index (χ2n) is 12.5. The zero-order valence-corrected chi connectivity index (χ0v) is 27.9. The van der Waals surface area contributed by atoms with E-state index in [0.717, 1.165) is 18.2 Å². The van der Waals surface area contributed by atoms with Crippen molar-refractivity contribution >= 4 is 23.0 Å². The first kappa shape index (κ1) is 38.4. The Bertz CT molecular complexity index is 2030. The Labute approximate surface area is 304 Å². The monoisotopic (exact) mass is 756 g/mol. The zero-order chi connectivity index (χ0) is 38.8. The van der Waals surface area contributed by atoms with Gasteiger partial charge in [-0.3, -0.25) is 4.79 Å². The van der Waals surface area contributed by atoms with Gasteiger partial charge in [0.25, 0.3) is 0 Å². The van der Waals surface area contributed by atoms with Gasteiger partial charge in [-0.2, -0.15) is 0 Å². The molecule has 0 saturated carbocycles. The Kier molecular flexibility index (Phi) is 11.4. The van der Waals surface area contributed by atoms with Crippen LogP contribution >= 0.6 is 0 Å². The van der Waals surface area contributed by atoms with Gasteiger partial charge in [-0.25, -0.2) is 4.79 Å². The fourth-order valence-electron chi connectivity index (χ4n) is 5.76. The Balaban J connectivity index is 1.27. The number of aliphatic hydroxyl groups excluding tert-OH is 7. The Morgan fingerprint density at radius 3 is 1.93 bits per heavy atom. The van der Waals surface area contributed by atoms with Crippen molar-refractivity contribution in [2.75, 3.05) is 13.2 Å². The van der Waals surface area contributed by atoms with E-state index in [2.05, 4.69) is 0 Å². The summed E-state index contributed by atoms with van der Waals surface area (Å²) in [7, 11) is 0. The number of esters is 1. The fourth-order valence-corrected chi connectivity index (χ4v) is 5.76. The van der Waals surface area contributed by atoms with E-state index >= 15 is 0 Å². The molecular weight excluding hydrogens is 720 g/mol. The number of ether oxygens (including phenoxy) is 5. The minimum absolute atomic E-state index is 0.0341. The smallest absolute Gasteiger partial charge is 0.330 e. The van der Waals surface area contributed by atoms with E-state index in [1.165, 1.54) is 42.5 Å². The normalized spacial score (nSPS) is 28.6. The first-order valence-electron chi connectivity index (χ1n) is 16.4. The van der Waals surface area contributed by atoms with Crippen molar-refractivity contribution in [1.29, 1.82) is 0 Å². The topological polar surface area (TPSA) is 296 Å². The highest BCUT2D eigenvalue weighted by Gasteiger charge is 2.47. The van der Waals surface area contributed by atoms with Gasteiger partial charge in [-0.1, -0.05) is 12.1 Å². The van der Waals surface area contributed by atoms with Crippen LogP contribution in [-0.4, -0.2) is 132 Å². The first-order chi connectivity index (χ1) is 25.7. The summed E-state index contributed by atoms with van der Waals surface area (Å²) in [5.74, 6) is -2.94. The number of aliphatic hydroxyl groups is 7. The van der Waals surface area contributed by atoms with Gasteiger partial charge in [0, 0.05) is 23.8 Å². The van der Waals surface area contributed by atoms with Gasteiger partial charge in [0.15, 0.2) is 5.76 Å². The van der Waals surface area contributed by atoms with Crippen molar-refractivity contribution in [2.45, 2.75) is 61.4 Å². The summed E-state index contributed by atoms with van der Waals surface area (Å²) < 4.78 is 33.5. The van der Waals surface area contributed by atoms with E-state index in [4.69, 9.17) is 28.1 Å². The van der Waals surface area contributed by atoms with Gasteiger partial charge in [0.1, 0.15) is 89.4 Å². The molecular formula is C36H36O18. The van der Waals surface area contributed by atoms with Crippen molar-refractivity contribution in [3.63, 3.8) is 0 Å². The fraction of sp³-hybridized carbons (Fsp3) is 0.333. The number of benzene rings is 3. The summed E-state index contributed by atoms with van der Waals surface area (Å²) in [6, 6.07) is 13.2. The molecule has 10 atom stereocenters. The van der Waals surface area contributed by atoms with Crippen molar-refractivity contribution in [2.24, 2.45) is 0 Å². The molecule has 288 valence electrons. The molecule has 2 fully saturated rings. The van der Waals surface area contributed by atoms with E-state index in [9.17, 15) is 60.7 Å². The maximum absolute atomic E-state index is 13.9. The van der Waals surface area contributed by atoms with Crippen LogP contribution in [0.2, 0.25) is 0 Å². The number of fused-ring (bicyclic) bond motifs is 1. The second-order valence-corrected chi connectivity index (χ2v) is 12.5. The van der Waals surface area contributed by atoms with Gasteiger partial charge >= 0.3 is 5.97 Å². The third-order valence-electron chi connectivity index (χ3n) is 8.73. The molecule has 54 heavy (non-hydrogen) atoms. The van der Waals surface area contributed by atoms with E-state index in [0.29, 0.717) is 5.56 Å². The largest absolute Gasteiger partial charge is 0.508 e. The molecule has 0 aliphatic carbocycles. The molecule has 0 bridgehead atoms. The van der Waals surface area contributed by atoms with Crippen LogP contribution < -0.4 is 14.9 Å². The third kappa shape index (κ3) is 7.97. The lowest BCUT2D eigenvalue weighted by Crippen LogP contribution is -2.60. The highest BCUT2D eigenvalue weighted by Crippen LogP contribution is 2.38. The summed E-state index contributed by atoms with van der Waals surface area (Å²) in [6.45, 7) is -1.37. The molecule has 18 nitrogen and oxygen atoms in total. The van der Waals surface area contributed by atoms with Crippen LogP contribution in [0, 0.1) is 0 Å². The first-order valence-corrected chi connectivity index (χ1v) is 16.4. The number of aromatic hydroxyl groups is 3. The van der Waals surface area contributed by atoms with E-state index in [-0.39, 0.29) is 34.2 Å². The van der Waals surface area contributed by atoms with E-state index < -0.39 is 103 Å². The molecule has 1 aromatic heterocycles. The zero-order valence-electron chi connectivity index (χ0n) is 27.9. The number of carbonyl (C=O) groups is 1. The minimum atomic E-state index is -1.92. The van der Waals surface area contributed by atoms with Crippen LogP contribution in [0.4, 0.5) is 0 Å². The number of rotatable bonds is 10. The molecule has 18 heteroatoms. The van der Waals surface area contributed by atoms with Crippen molar-refractivity contribution in [3.05, 3.63) is 82.5 Å². The standard InChI is InChI=1S/C36H36O18/c37-13-22-26(42)29(45)32(48)36(52-22)54-34-28(44)25-20(40)11-19(12-21(25)51-33(34)16-4-8-18(39)9-5-16)50-35-31(47)30(46)27(43)23(53-35)14-49-24(41)10-3-15-1-6-17(38)7-2-15/h1-12,22-23,26-27,29-32,35-40,42-43,45-48H,13-14H2/b10-3+/t22-,23+,26+,27+,29-,30-,31+,32+,35+,36-/m0/s1. The maximum atomic E-state index is 13.9. The highest BCUT2D eigenvalue weighted by molar-refractivity contribution is 5.88. The average Bonchev–Trinajstić information content (AvgIpc) is 3.15. The lowest BCUT2D eigenvalue weighted by atomic mass is 9.99. The summed E-state index contributed by atoms with van der Waals surface area (Å²) >= 11 is 0. The van der Waals surface area contributed by atoms with Gasteiger partial charge in [0.2, 0.25) is 23.8 Å². The highest BCUT2D eigenvalue weighted by atomic mass is 16.7. The number of phenolic OH excluding ortho intramolecular Hbond substituents is 3. The number of hydrogen-bond acceptors (Lipinski definition) is 18. The molecule has 0 spiro atoms. The molecule has 2 aliphatic heterocycles. The Morgan fingerprint density at radius 1 is 0.722 bits per heavy atom. The molecule has 6 rings (SSSR count). The average molecular weight is 757 g/mol. The van der Waals surface area contributed by atoms with E-state index in [1.807, 2.05) is 0 Å². The van der Waals surface area contributed by atoms with Gasteiger partial charge in [-0.15, -0.1) is 0 Å². The molecule has 0 radical (unpaired) electrons. The number of carbonyl (C=O) groups excluding carboxylic acids is 1. The molecule has 0 amide bonds. The molecule has 2 aliphatic rings.